The number of benzene rings is 1. The molecule has 2 rings (SSSR count). The van der Waals surface area contributed by atoms with Crippen molar-refractivity contribution in [2.45, 2.75) is 18.9 Å². The first-order chi connectivity index (χ1) is 8.66. The standard InChI is InChI=1S/C14H13NO3/c16-13(9-6-11-4-2-1-3-5-11)15(10-14(17)18)12-7-8-12/h1-5,12H,7-8,10H2,(H,17,18). The summed E-state index contributed by atoms with van der Waals surface area (Å²) in [5.41, 5.74) is 0.747. The molecule has 92 valence electrons. The van der Waals surface area contributed by atoms with Gasteiger partial charge < -0.3 is 10.0 Å². The lowest BCUT2D eigenvalue weighted by Crippen LogP contribution is -2.36. The third-order valence-electron chi connectivity index (χ3n) is 2.64. The van der Waals surface area contributed by atoms with Crippen molar-refractivity contribution in [2.75, 3.05) is 6.54 Å². The third-order valence-corrected chi connectivity index (χ3v) is 2.64. The largest absolute Gasteiger partial charge is 0.480 e. The minimum Gasteiger partial charge on any atom is -0.480 e. The van der Waals surface area contributed by atoms with Crippen molar-refractivity contribution >= 4 is 11.9 Å². The number of carbonyl (C=O) groups is 2. The first-order valence-corrected chi connectivity index (χ1v) is 5.76. The lowest BCUT2D eigenvalue weighted by molar-refractivity contribution is -0.142. The SMILES string of the molecule is O=C(O)CN(C(=O)C#Cc1ccccc1)C1CC1. The molecule has 0 spiro atoms. The maximum atomic E-state index is 11.8. The number of rotatable bonds is 3. The van der Waals surface area contributed by atoms with Crippen molar-refractivity contribution < 1.29 is 14.7 Å². The van der Waals surface area contributed by atoms with E-state index in [4.69, 9.17) is 5.11 Å². The van der Waals surface area contributed by atoms with E-state index >= 15 is 0 Å². The minimum absolute atomic E-state index is 0.0543. The number of amides is 1. The smallest absolute Gasteiger partial charge is 0.323 e. The van der Waals surface area contributed by atoms with Gasteiger partial charge in [-0.25, -0.2) is 0 Å². The van der Waals surface area contributed by atoms with Crippen LogP contribution in [0.2, 0.25) is 0 Å². The second kappa shape index (κ2) is 5.37. The molecule has 4 nitrogen and oxygen atoms in total. The maximum Gasteiger partial charge on any atom is 0.323 e. The Bertz CT molecular complexity index is 509. The van der Waals surface area contributed by atoms with Gasteiger partial charge in [0.25, 0.3) is 5.91 Å². The Morgan fingerprint density at radius 1 is 1.28 bits per heavy atom. The van der Waals surface area contributed by atoms with Gasteiger partial charge in [0.15, 0.2) is 0 Å². The Labute approximate surface area is 105 Å². The maximum absolute atomic E-state index is 11.8. The van der Waals surface area contributed by atoms with Gasteiger partial charge in [-0.2, -0.15) is 0 Å². The molecule has 1 saturated carbocycles. The number of carboxylic acid groups (broad SMARTS) is 1. The molecule has 1 fully saturated rings. The van der Waals surface area contributed by atoms with Gasteiger partial charge >= 0.3 is 5.97 Å². The predicted octanol–water partition coefficient (Wildman–Crippen LogP) is 1.11. The second-order valence-corrected chi connectivity index (χ2v) is 4.17. The van der Waals surface area contributed by atoms with E-state index in [0.29, 0.717) is 0 Å². The first-order valence-electron chi connectivity index (χ1n) is 5.76. The van der Waals surface area contributed by atoms with Crippen LogP contribution in [-0.4, -0.2) is 34.5 Å². The Morgan fingerprint density at radius 3 is 2.50 bits per heavy atom. The molecule has 0 radical (unpaired) electrons. The Balaban J connectivity index is 2.06. The van der Waals surface area contributed by atoms with Crippen molar-refractivity contribution in [2.24, 2.45) is 0 Å². The van der Waals surface area contributed by atoms with Gasteiger partial charge in [0, 0.05) is 17.5 Å². The lowest BCUT2D eigenvalue weighted by Gasteiger charge is -2.16. The fourth-order valence-corrected chi connectivity index (χ4v) is 1.62. The van der Waals surface area contributed by atoms with Crippen LogP contribution in [0.3, 0.4) is 0 Å². The molecule has 1 aliphatic rings. The third kappa shape index (κ3) is 3.36. The summed E-state index contributed by atoms with van der Waals surface area (Å²) in [6.45, 7) is -0.271. The minimum atomic E-state index is -1.00. The number of carbonyl (C=O) groups excluding carboxylic acids is 1. The predicted molar refractivity (Wildman–Crippen MR) is 65.7 cm³/mol. The van der Waals surface area contributed by atoms with E-state index < -0.39 is 11.9 Å². The average Bonchev–Trinajstić information content (AvgIpc) is 3.18. The highest BCUT2D eigenvalue weighted by Gasteiger charge is 2.33. The average molecular weight is 243 g/mol. The summed E-state index contributed by atoms with van der Waals surface area (Å²) in [5, 5.41) is 8.75. The molecule has 0 bridgehead atoms. The van der Waals surface area contributed by atoms with E-state index in [9.17, 15) is 9.59 Å². The summed E-state index contributed by atoms with van der Waals surface area (Å²) in [6, 6.07) is 9.21. The molecule has 0 aliphatic heterocycles. The van der Waals surface area contributed by atoms with Crippen molar-refractivity contribution in [1.82, 2.24) is 4.90 Å². The molecule has 18 heavy (non-hydrogen) atoms. The molecule has 0 atom stereocenters. The molecular formula is C14H13NO3. The van der Waals surface area contributed by atoms with Gasteiger partial charge in [-0.3, -0.25) is 9.59 Å². The van der Waals surface area contributed by atoms with Crippen molar-refractivity contribution in [3.05, 3.63) is 35.9 Å². The molecule has 1 N–H and O–H groups in total. The van der Waals surface area contributed by atoms with E-state index in [1.807, 2.05) is 18.2 Å². The van der Waals surface area contributed by atoms with E-state index in [1.54, 1.807) is 12.1 Å². The summed E-state index contributed by atoms with van der Waals surface area (Å²) in [7, 11) is 0. The van der Waals surface area contributed by atoms with E-state index in [0.717, 1.165) is 18.4 Å². The molecule has 0 unspecified atom stereocenters. The number of aliphatic carboxylic acids is 1. The van der Waals surface area contributed by atoms with Crippen LogP contribution in [0.15, 0.2) is 30.3 Å². The first kappa shape index (κ1) is 12.2. The summed E-state index contributed by atoms with van der Waals surface area (Å²) >= 11 is 0. The van der Waals surface area contributed by atoms with Gasteiger partial charge in [-0.1, -0.05) is 24.1 Å². The van der Waals surface area contributed by atoms with Crippen LogP contribution in [0, 0.1) is 11.8 Å². The molecular weight excluding hydrogens is 230 g/mol. The number of hydrogen-bond acceptors (Lipinski definition) is 2. The molecule has 1 aromatic carbocycles. The van der Waals surface area contributed by atoms with E-state index in [1.165, 1.54) is 4.90 Å². The molecule has 1 amide bonds. The highest BCUT2D eigenvalue weighted by Crippen LogP contribution is 2.26. The highest BCUT2D eigenvalue weighted by molar-refractivity contribution is 5.96. The van der Waals surface area contributed by atoms with E-state index in [-0.39, 0.29) is 12.6 Å². The van der Waals surface area contributed by atoms with Gasteiger partial charge in [-0.05, 0) is 25.0 Å². The molecule has 1 aliphatic carbocycles. The van der Waals surface area contributed by atoms with Crippen LogP contribution in [0.1, 0.15) is 18.4 Å². The van der Waals surface area contributed by atoms with Crippen molar-refractivity contribution in [3.8, 4) is 11.8 Å². The molecule has 0 aromatic heterocycles. The highest BCUT2D eigenvalue weighted by atomic mass is 16.4. The van der Waals surface area contributed by atoms with Crippen LogP contribution < -0.4 is 0 Å². The van der Waals surface area contributed by atoms with E-state index in [2.05, 4.69) is 11.8 Å². The number of nitrogens with zero attached hydrogens (tertiary/aromatic N) is 1. The summed E-state index contributed by atoms with van der Waals surface area (Å²) in [5.74, 6) is 3.83. The van der Waals surface area contributed by atoms with Crippen LogP contribution >= 0.6 is 0 Å². The summed E-state index contributed by atoms with van der Waals surface area (Å²) < 4.78 is 0. The van der Waals surface area contributed by atoms with Gasteiger partial charge in [-0.15, -0.1) is 0 Å². The van der Waals surface area contributed by atoms with Gasteiger partial charge in [0.05, 0.1) is 0 Å². The molecule has 0 saturated heterocycles. The van der Waals surface area contributed by atoms with Gasteiger partial charge in [0.1, 0.15) is 6.54 Å². The quantitative estimate of drug-likeness (QED) is 0.809. The Kier molecular flexibility index (Phi) is 3.63. The van der Waals surface area contributed by atoms with Crippen molar-refractivity contribution in [3.63, 3.8) is 0 Å². The van der Waals surface area contributed by atoms with Crippen LogP contribution in [0.4, 0.5) is 0 Å². The Morgan fingerprint density at radius 2 is 1.94 bits per heavy atom. The molecule has 0 heterocycles. The zero-order chi connectivity index (χ0) is 13.0. The fourth-order valence-electron chi connectivity index (χ4n) is 1.62. The summed E-state index contributed by atoms with van der Waals surface area (Å²) in [4.78, 5) is 23.8. The number of carboxylic acids is 1. The fraction of sp³-hybridized carbons (Fsp3) is 0.286. The number of hydrogen-bond donors (Lipinski definition) is 1. The molecule has 4 heteroatoms. The van der Waals surface area contributed by atoms with Crippen LogP contribution in [0.5, 0.6) is 0 Å². The lowest BCUT2D eigenvalue weighted by atomic mass is 10.2. The molecule has 1 aromatic rings. The van der Waals surface area contributed by atoms with Gasteiger partial charge in [0.2, 0.25) is 0 Å². The van der Waals surface area contributed by atoms with Crippen LogP contribution in [-0.2, 0) is 9.59 Å². The van der Waals surface area contributed by atoms with Crippen LogP contribution in [0.25, 0.3) is 0 Å². The zero-order valence-electron chi connectivity index (χ0n) is 9.80. The monoisotopic (exact) mass is 243 g/mol. The Hall–Kier alpha value is -2.28. The zero-order valence-corrected chi connectivity index (χ0v) is 9.80. The second-order valence-electron chi connectivity index (χ2n) is 4.17. The topological polar surface area (TPSA) is 57.6 Å². The normalized spacial score (nSPS) is 13.3. The summed E-state index contributed by atoms with van der Waals surface area (Å²) in [6.07, 6.45) is 1.73. The van der Waals surface area contributed by atoms with Crippen molar-refractivity contribution in [1.29, 1.82) is 0 Å².